The molecular formula is C16H11F22N2O3S+. The normalized spacial score (nSPS) is 15.6. The summed E-state index contributed by atoms with van der Waals surface area (Å²) in [6, 6.07) is 0. The summed E-state index contributed by atoms with van der Waals surface area (Å²) in [6.07, 6.45) is -13.6. The van der Waals surface area contributed by atoms with Crippen LogP contribution in [0.25, 0.3) is 0 Å². The number of aryl methyl sites for hydroxylation is 2. The molecule has 1 heterocycles. The number of hydrogen-bond acceptors (Lipinski definition) is 2. The van der Waals surface area contributed by atoms with E-state index in [2.05, 4.69) is 0 Å². The van der Waals surface area contributed by atoms with Crippen molar-refractivity contribution in [1.82, 2.24) is 4.57 Å². The molecule has 1 aromatic heterocycles. The molecule has 0 saturated heterocycles. The Bertz CT molecular complexity index is 1250. The summed E-state index contributed by atoms with van der Waals surface area (Å²) in [5.41, 5.74) is 0. The number of hydrogen-bond donors (Lipinski definition) is 1. The lowest BCUT2D eigenvalue weighted by Crippen LogP contribution is -2.70. The lowest BCUT2D eigenvalue weighted by Gasteiger charge is -2.39. The van der Waals surface area contributed by atoms with Gasteiger partial charge >= 0.3 is 69.2 Å². The zero-order valence-electron chi connectivity index (χ0n) is 20.0. The lowest BCUT2D eigenvalue weighted by atomic mass is 9.92. The maximum atomic E-state index is 13.5. The molecule has 0 spiro atoms. The van der Waals surface area contributed by atoms with Crippen LogP contribution in [-0.2, 0) is 23.7 Å². The van der Waals surface area contributed by atoms with Gasteiger partial charge in [0.1, 0.15) is 12.4 Å². The van der Waals surface area contributed by atoms with Crippen LogP contribution in [0.1, 0.15) is 6.42 Å². The molecule has 0 aliphatic heterocycles. The minimum Gasteiger partial charge on any atom is -0.281 e. The van der Waals surface area contributed by atoms with Crippen LogP contribution in [0, 0.1) is 0 Å². The molecule has 28 heteroatoms. The molecule has 1 rings (SSSR count). The maximum Gasteiger partial charge on any atom is 0.460 e. The first-order valence-corrected chi connectivity index (χ1v) is 11.3. The van der Waals surface area contributed by atoms with Crippen LogP contribution in [0.4, 0.5) is 96.6 Å². The average Bonchev–Trinajstić information content (AvgIpc) is 3.20. The first-order chi connectivity index (χ1) is 18.7. The van der Waals surface area contributed by atoms with Crippen molar-refractivity contribution in [3.8, 4) is 0 Å². The van der Waals surface area contributed by atoms with E-state index in [1.54, 1.807) is 0 Å². The quantitative estimate of drug-likeness (QED) is 0.165. The number of alkyl halides is 22. The summed E-state index contributed by atoms with van der Waals surface area (Å²) < 4.78 is 303. The smallest absolute Gasteiger partial charge is 0.281 e. The Morgan fingerprint density at radius 3 is 1.23 bits per heavy atom. The van der Waals surface area contributed by atoms with Gasteiger partial charge < -0.3 is 0 Å². The van der Waals surface area contributed by atoms with E-state index < -0.39 is 82.1 Å². The summed E-state index contributed by atoms with van der Waals surface area (Å²) in [6.45, 7) is -1.15. The Labute approximate surface area is 227 Å². The lowest BCUT2D eigenvalue weighted by molar-refractivity contribution is -0.699. The first-order valence-electron chi connectivity index (χ1n) is 9.86. The summed E-state index contributed by atoms with van der Waals surface area (Å²) >= 11 is 0. The molecular weight excluding hydrogens is 718 g/mol. The summed E-state index contributed by atoms with van der Waals surface area (Å²) in [5.74, 6) is -51.3. The summed E-state index contributed by atoms with van der Waals surface area (Å²) in [4.78, 5) is 0. The molecule has 0 aromatic carbocycles. The second kappa shape index (κ2) is 11.4. The molecule has 0 radical (unpaired) electrons. The van der Waals surface area contributed by atoms with Gasteiger partial charge in [0.05, 0.1) is 20.0 Å². The van der Waals surface area contributed by atoms with E-state index in [0.717, 1.165) is 17.1 Å². The van der Waals surface area contributed by atoms with Crippen molar-refractivity contribution in [2.75, 3.05) is 0 Å². The third-order valence-corrected chi connectivity index (χ3v) is 5.85. The van der Waals surface area contributed by atoms with Crippen molar-refractivity contribution >= 4 is 10.1 Å². The van der Waals surface area contributed by atoms with E-state index >= 15 is 0 Å². The van der Waals surface area contributed by atoms with E-state index in [9.17, 15) is 105 Å². The number of aromatic nitrogens is 2. The Morgan fingerprint density at radius 1 is 0.591 bits per heavy atom. The molecule has 0 fully saturated rings. The van der Waals surface area contributed by atoms with Gasteiger partial charge in [0.15, 0.2) is 0 Å². The van der Waals surface area contributed by atoms with Gasteiger partial charge in [-0.1, -0.05) is 0 Å². The zero-order valence-corrected chi connectivity index (χ0v) is 20.8. The SMILES string of the molecule is Cn1cc[n+](CCC(F)(F)C(F)(F)C(F)(F)C(F)(F)C(F)(F)C(F)(F)F)c1.O=S(=O)(O)C(F)(F)C(F)(F)C(F)(F)C(F)(F)F. The van der Waals surface area contributed by atoms with Gasteiger partial charge in [0.25, 0.3) is 0 Å². The van der Waals surface area contributed by atoms with Gasteiger partial charge in [-0.25, -0.2) is 9.13 Å². The van der Waals surface area contributed by atoms with Crippen molar-refractivity contribution in [2.24, 2.45) is 7.05 Å². The molecule has 0 aliphatic rings. The molecule has 44 heavy (non-hydrogen) atoms. The average molecular weight is 729 g/mol. The van der Waals surface area contributed by atoms with E-state index in [4.69, 9.17) is 4.55 Å². The molecule has 1 N–H and O–H groups in total. The topological polar surface area (TPSA) is 63.2 Å². The molecule has 0 unspecified atom stereocenters. The van der Waals surface area contributed by atoms with Gasteiger partial charge in [-0.15, -0.1) is 0 Å². The zero-order chi connectivity index (χ0) is 36.2. The Balaban J connectivity index is 0.000000938. The highest BCUT2D eigenvalue weighted by Gasteiger charge is 2.90. The van der Waals surface area contributed by atoms with Crippen LogP contribution in [0.2, 0.25) is 0 Å². The Morgan fingerprint density at radius 2 is 0.932 bits per heavy atom. The number of imidazole rings is 1. The molecule has 0 atom stereocenters. The number of nitrogens with zero attached hydrogens (tertiary/aromatic N) is 2. The third-order valence-electron chi connectivity index (χ3n) is 4.95. The van der Waals surface area contributed by atoms with Gasteiger partial charge in [-0.2, -0.15) is 105 Å². The van der Waals surface area contributed by atoms with E-state index in [0.29, 0.717) is 0 Å². The van der Waals surface area contributed by atoms with Gasteiger partial charge in [0.2, 0.25) is 6.33 Å². The van der Waals surface area contributed by atoms with Crippen molar-refractivity contribution in [3.05, 3.63) is 18.7 Å². The third kappa shape index (κ3) is 6.73. The minimum absolute atomic E-state index is 0.741. The van der Waals surface area contributed by atoms with Crippen LogP contribution in [-0.4, -0.2) is 76.6 Å². The molecule has 262 valence electrons. The van der Waals surface area contributed by atoms with E-state index in [1.165, 1.54) is 17.8 Å². The van der Waals surface area contributed by atoms with E-state index in [1.807, 2.05) is 0 Å². The fourth-order valence-corrected chi connectivity index (χ4v) is 2.84. The molecule has 0 saturated carbocycles. The standard InChI is InChI=1S/C12H10F13N2.C4HF9O3S/c1-26-4-5-27(6-26)3-2-7(13,14)8(15,16)9(17,18)10(19,20)11(21,22)12(23,24)25;5-1(6,3(9,10)11)2(7,8)4(12,13)17(14,15)16/h4-6H,2-3H2,1H3;(H,14,15,16)/q+1;. The van der Waals surface area contributed by atoms with Crippen molar-refractivity contribution in [1.29, 1.82) is 0 Å². The van der Waals surface area contributed by atoms with Crippen LogP contribution < -0.4 is 4.57 Å². The van der Waals surface area contributed by atoms with Crippen LogP contribution in [0.15, 0.2) is 18.7 Å². The minimum atomic E-state index is -7.86. The highest BCUT2D eigenvalue weighted by Crippen LogP contribution is 2.60. The van der Waals surface area contributed by atoms with Gasteiger partial charge in [-0.05, 0) is 0 Å². The van der Waals surface area contributed by atoms with Gasteiger partial charge in [0, 0.05) is 0 Å². The highest BCUT2D eigenvalue weighted by atomic mass is 32.2. The van der Waals surface area contributed by atoms with E-state index in [-0.39, 0.29) is 0 Å². The van der Waals surface area contributed by atoms with Crippen LogP contribution in [0.3, 0.4) is 0 Å². The predicted molar refractivity (Wildman–Crippen MR) is 93.5 cm³/mol. The maximum absolute atomic E-state index is 13.5. The molecule has 1 aromatic rings. The predicted octanol–water partition coefficient (Wildman–Crippen LogP) is 6.74. The number of halogens is 22. The number of rotatable bonds is 10. The summed E-state index contributed by atoms with van der Waals surface area (Å²) in [5, 5.41) is -7.00. The monoisotopic (exact) mass is 729 g/mol. The second-order valence-electron chi connectivity index (χ2n) is 8.21. The van der Waals surface area contributed by atoms with Crippen molar-refractivity contribution in [2.45, 2.75) is 72.0 Å². The molecule has 5 nitrogen and oxygen atoms in total. The molecule has 0 aliphatic carbocycles. The summed E-state index contributed by atoms with van der Waals surface area (Å²) in [7, 11) is -5.82. The second-order valence-corrected chi connectivity index (χ2v) is 9.67. The Hall–Kier alpha value is -2.42. The molecule has 0 amide bonds. The fraction of sp³-hybridized carbons (Fsp3) is 0.812. The highest BCUT2D eigenvalue weighted by molar-refractivity contribution is 7.87. The van der Waals surface area contributed by atoms with Crippen molar-refractivity contribution < 1.29 is 114 Å². The largest absolute Gasteiger partial charge is 0.460 e. The Kier molecular flexibility index (Phi) is 10.8. The first kappa shape index (κ1) is 41.6. The molecule has 0 bridgehead atoms. The van der Waals surface area contributed by atoms with Crippen LogP contribution >= 0.6 is 0 Å². The van der Waals surface area contributed by atoms with Gasteiger partial charge in [-0.3, -0.25) is 4.55 Å². The van der Waals surface area contributed by atoms with Crippen molar-refractivity contribution in [3.63, 3.8) is 0 Å². The van der Waals surface area contributed by atoms with Crippen LogP contribution in [0.5, 0.6) is 0 Å². The fourth-order valence-electron chi connectivity index (χ4n) is 2.39.